The molecule has 2 aromatic carbocycles. The van der Waals surface area contributed by atoms with Crippen molar-refractivity contribution >= 4 is 23.0 Å². The number of fused-ring (bicyclic) bond motifs is 1. The minimum absolute atomic E-state index is 0.165. The van der Waals surface area contributed by atoms with Gasteiger partial charge < -0.3 is 15.3 Å². The number of phenolic OH excluding ortho intramolecular Hbond substituents is 1. The number of hydrogen-bond acceptors (Lipinski definition) is 6. The molecule has 1 aliphatic rings. The number of esters is 1. The first kappa shape index (κ1) is 24.9. The summed E-state index contributed by atoms with van der Waals surface area (Å²) >= 11 is 0. The van der Waals surface area contributed by atoms with Crippen molar-refractivity contribution in [3.05, 3.63) is 47.5 Å². The highest BCUT2D eigenvalue weighted by molar-refractivity contribution is 5.82. The molecule has 0 aromatic heterocycles. The largest absolute Gasteiger partial charge is 0.505 e. The number of carbonyl (C=O) groups excluding carboxylic acids is 1. The maximum atomic E-state index is 12.3. The Morgan fingerprint density at radius 3 is 2.52 bits per heavy atom. The Morgan fingerprint density at radius 1 is 1.03 bits per heavy atom. The highest BCUT2D eigenvalue weighted by Gasteiger charge is 2.27. The summed E-state index contributed by atoms with van der Waals surface area (Å²) < 4.78 is 5.45. The van der Waals surface area contributed by atoms with Crippen molar-refractivity contribution in [3.8, 4) is 5.75 Å². The minimum Gasteiger partial charge on any atom is -0.505 e. The number of hydrazine groups is 2. The van der Waals surface area contributed by atoms with Crippen LogP contribution < -0.4 is 16.0 Å². The molecule has 3 N–H and O–H groups in total. The van der Waals surface area contributed by atoms with E-state index >= 15 is 0 Å². The zero-order valence-corrected chi connectivity index (χ0v) is 20.5. The number of carbonyl (C=O) groups is 1. The van der Waals surface area contributed by atoms with E-state index in [9.17, 15) is 9.90 Å². The predicted molar refractivity (Wildman–Crippen MR) is 135 cm³/mol. The second-order valence-electron chi connectivity index (χ2n) is 9.84. The molecule has 180 valence electrons. The summed E-state index contributed by atoms with van der Waals surface area (Å²) in [6.45, 7) is 8.94. The van der Waals surface area contributed by atoms with Gasteiger partial charge >= 0.3 is 5.97 Å². The molecule has 0 saturated carbocycles. The van der Waals surface area contributed by atoms with Gasteiger partial charge in [-0.1, -0.05) is 78.0 Å². The number of nitrogens with zero attached hydrogens (tertiary/aromatic N) is 1. The Morgan fingerprint density at radius 2 is 1.76 bits per heavy atom. The monoisotopic (exact) mass is 453 g/mol. The molecule has 2 aromatic rings. The number of anilines is 3. The molecule has 0 spiro atoms. The van der Waals surface area contributed by atoms with Gasteiger partial charge in [0.25, 0.3) is 0 Å². The number of phenols is 1. The Labute approximate surface area is 198 Å². The molecule has 0 bridgehead atoms. The first-order chi connectivity index (χ1) is 15.8. The normalized spacial score (nSPS) is 13.0. The van der Waals surface area contributed by atoms with Gasteiger partial charge in [0.2, 0.25) is 0 Å². The predicted octanol–water partition coefficient (Wildman–Crippen LogP) is 6.51. The number of ether oxygens (including phenoxy) is 1. The van der Waals surface area contributed by atoms with Gasteiger partial charge in [0.05, 0.1) is 18.0 Å². The van der Waals surface area contributed by atoms with Gasteiger partial charge in [-0.3, -0.25) is 9.80 Å². The molecule has 1 heterocycles. The molecule has 0 unspecified atom stereocenters. The summed E-state index contributed by atoms with van der Waals surface area (Å²) in [7, 11) is 0. The van der Waals surface area contributed by atoms with Crippen molar-refractivity contribution in [1.29, 1.82) is 0 Å². The molecule has 0 radical (unpaired) electrons. The topological polar surface area (TPSA) is 73.8 Å². The van der Waals surface area contributed by atoms with E-state index in [2.05, 4.69) is 38.7 Å². The van der Waals surface area contributed by atoms with Gasteiger partial charge in [0.1, 0.15) is 11.4 Å². The van der Waals surface area contributed by atoms with Gasteiger partial charge in [-0.05, 0) is 42.0 Å². The van der Waals surface area contributed by atoms with Crippen LogP contribution in [0.15, 0.2) is 36.4 Å². The van der Waals surface area contributed by atoms with Crippen LogP contribution in [0.3, 0.4) is 0 Å². The summed E-state index contributed by atoms with van der Waals surface area (Å²) in [6, 6.07) is 11.9. The van der Waals surface area contributed by atoms with E-state index in [1.807, 2.05) is 41.4 Å². The maximum Gasteiger partial charge on any atom is 0.306 e. The summed E-state index contributed by atoms with van der Waals surface area (Å²) in [6.07, 6.45) is 7.92. The first-order valence-electron chi connectivity index (χ1n) is 12.2. The van der Waals surface area contributed by atoms with Crippen LogP contribution in [-0.2, 0) is 21.4 Å². The van der Waals surface area contributed by atoms with E-state index in [1.54, 1.807) is 0 Å². The first-order valence-corrected chi connectivity index (χ1v) is 12.2. The van der Waals surface area contributed by atoms with E-state index < -0.39 is 0 Å². The summed E-state index contributed by atoms with van der Waals surface area (Å²) in [5, 5.41) is 13.0. The van der Waals surface area contributed by atoms with E-state index in [1.165, 1.54) is 25.7 Å². The molecule has 0 saturated heterocycles. The van der Waals surface area contributed by atoms with Crippen molar-refractivity contribution in [2.75, 3.05) is 17.0 Å². The van der Waals surface area contributed by atoms with Gasteiger partial charge in [0.15, 0.2) is 0 Å². The maximum absolute atomic E-state index is 12.3. The number of rotatable bonds is 11. The highest BCUT2D eigenvalue weighted by Crippen LogP contribution is 2.44. The molecule has 0 fully saturated rings. The molecule has 6 heteroatoms. The molecule has 0 aliphatic carbocycles. The third kappa shape index (κ3) is 6.64. The van der Waals surface area contributed by atoms with Crippen LogP contribution in [0.1, 0.15) is 83.8 Å². The number of nitrogens with one attached hydrogen (secondary N) is 2. The van der Waals surface area contributed by atoms with E-state index in [-0.39, 0.29) is 17.1 Å². The summed E-state index contributed by atoms with van der Waals surface area (Å²) in [4.78, 5) is 12.3. The Hall–Kier alpha value is -2.73. The average Bonchev–Trinajstić information content (AvgIpc) is 3.21. The Bertz CT molecular complexity index is 937. The van der Waals surface area contributed by atoms with Crippen molar-refractivity contribution in [2.24, 2.45) is 0 Å². The van der Waals surface area contributed by atoms with Crippen molar-refractivity contribution < 1.29 is 14.6 Å². The van der Waals surface area contributed by atoms with E-state index in [0.29, 0.717) is 25.1 Å². The lowest BCUT2D eigenvalue weighted by atomic mass is 9.84. The molecule has 3 rings (SSSR count). The molecule has 6 nitrogen and oxygen atoms in total. The van der Waals surface area contributed by atoms with Crippen LogP contribution in [0.25, 0.3) is 0 Å². The molecule has 0 amide bonds. The second-order valence-corrected chi connectivity index (χ2v) is 9.84. The lowest BCUT2D eigenvalue weighted by molar-refractivity contribution is -0.143. The van der Waals surface area contributed by atoms with E-state index in [0.717, 1.165) is 35.3 Å². The third-order valence-corrected chi connectivity index (χ3v) is 6.02. The zero-order chi connectivity index (χ0) is 23.8. The smallest absolute Gasteiger partial charge is 0.306 e. The van der Waals surface area contributed by atoms with Crippen molar-refractivity contribution in [2.45, 2.75) is 84.5 Å². The number of benzene rings is 2. The van der Waals surface area contributed by atoms with Crippen LogP contribution in [-0.4, -0.2) is 17.7 Å². The average molecular weight is 454 g/mol. The molecule has 0 atom stereocenters. The van der Waals surface area contributed by atoms with E-state index in [4.69, 9.17) is 4.74 Å². The van der Waals surface area contributed by atoms with Crippen LogP contribution in [0.2, 0.25) is 0 Å². The molecular weight excluding hydrogens is 414 g/mol. The highest BCUT2D eigenvalue weighted by atomic mass is 16.5. The fraction of sp³-hybridized carbons (Fsp3) is 0.519. The van der Waals surface area contributed by atoms with Crippen molar-refractivity contribution in [1.82, 2.24) is 5.53 Å². The Balaban J connectivity index is 1.66. The second kappa shape index (κ2) is 11.4. The van der Waals surface area contributed by atoms with Gasteiger partial charge in [0, 0.05) is 12.0 Å². The van der Waals surface area contributed by atoms with Gasteiger partial charge in [-0.25, -0.2) is 0 Å². The van der Waals surface area contributed by atoms with Crippen LogP contribution in [0.4, 0.5) is 17.1 Å². The number of aryl methyl sites for hydroxylation is 1. The summed E-state index contributed by atoms with van der Waals surface area (Å²) in [5.74, 6) is 0.0738. The summed E-state index contributed by atoms with van der Waals surface area (Å²) in [5.41, 5.74) is 10.4. The van der Waals surface area contributed by atoms with Gasteiger partial charge in [-0.2, -0.15) is 0 Å². The standard InChI is InChI=1S/C27H39N3O3/c1-5-6-7-8-9-12-17-33-25(31)16-15-20-18-21(27(2,3)4)26(32)24(19-20)30-23-14-11-10-13-22(23)28-29-30/h10-11,13-14,18-19,28-29,32H,5-9,12,15-17H2,1-4H3. The van der Waals surface area contributed by atoms with Gasteiger partial charge in [-0.15, -0.1) is 5.53 Å². The lowest BCUT2D eigenvalue weighted by Crippen LogP contribution is -2.32. The zero-order valence-electron chi connectivity index (χ0n) is 20.5. The molecular formula is C27H39N3O3. The Kier molecular flexibility index (Phi) is 8.61. The number of aromatic hydroxyl groups is 1. The van der Waals surface area contributed by atoms with Crippen LogP contribution >= 0.6 is 0 Å². The number of unbranched alkanes of at least 4 members (excludes halogenated alkanes) is 5. The number of hydrogen-bond donors (Lipinski definition) is 3. The van der Waals surface area contributed by atoms with Crippen LogP contribution in [0, 0.1) is 0 Å². The fourth-order valence-corrected chi connectivity index (χ4v) is 4.09. The SMILES string of the molecule is CCCCCCCCOC(=O)CCc1cc(N2NNc3ccccc32)c(O)c(C(C)(C)C)c1. The van der Waals surface area contributed by atoms with Crippen molar-refractivity contribution in [3.63, 3.8) is 0 Å². The minimum atomic E-state index is -0.250. The lowest BCUT2D eigenvalue weighted by Gasteiger charge is -2.27. The quantitative estimate of drug-likeness (QED) is 0.266. The van der Waals surface area contributed by atoms with Crippen LogP contribution in [0.5, 0.6) is 5.75 Å². The molecule has 1 aliphatic heterocycles. The fourth-order valence-electron chi connectivity index (χ4n) is 4.09. The third-order valence-electron chi connectivity index (χ3n) is 6.02. The molecule has 33 heavy (non-hydrogen) atoms. The number of para-hydroxylation sites is 2.